The molecule has 1 atom stereocenters. The Balaban J connectivity index is 2.06. The molecule has 0 bridgehead atoms. The van der Waals surface area contributed by atoms with Crippen LogP contribution in [-0.2, 0) is 5.41 Å². The van der Waals surface area contributed by atoms with Crippen molar-refractivity contribution in [3.8, 4) is 0 Å². The molecule has 4 rings (SSSR count). The Labute approximate surface area is 136 Å². The van der Waals surface area contributed by atoms with E-state index in [1.165, 1.54) is 11.1 Å². The third-order valence-electron chi connectivity index (χ3n) is 4.55. The zero-order chi connectivity index (χ0) is 15.5. The van der Waals surface area contributed by atoms with E-state index < -0.39 is 0 Å². The van der Waals surface area contributed by atoms with Crippen LogP contribution in [0.3, 0.4) is 0 Å². The second-order valence-electron chi connectivity index (χ2n) is 5.75. The van der Waals surface area contributed by atoms with Crippen molar-refractivity contribution in [2.45, 2.75) is 11.5 Å². The van der Waals surface area contributed by atoms with Gasteiger partial charge in [0.15, 0.2) is 0 Å². The van der Waals surface area contributed by atoms with Gasteiger partial charge in [0, 0.05) is 18.1 Å². The van der Waals surface area contributed by atoms with Gasteiger partial charge in [0.1, 0.15) is 0 Å². The quantitative estimate of drug-likeness (QED) is 0.741. The predicted molar refractivity (Wildman–Crippen MR) is 95.0 cm³/mol. The molecule has 2 heterocycles. The van der Waals surface area contributed by atoms with Gasteiger partial charge >= 0.3 is 0 Å². The van der Waals surface area contributed by atoms with Crippen LogP contribution in [0.5, 0.6) is 0 Å². The molecular formula is C21H18N2. The van der Waals surface area contributed by atoms with Crippen molar-refractivity contribution in [2.24, 2.45) is 4.99 Å². The third kappa shape index (κ3) is 2.15. The highest BCUT2D eigenvalue weighted by molar-refractivity contribution is 5.75. The highest BCUT2D eigenvalue weighted by Gasteiger charge is 2.44. The first-order valence-corrected chi connectivity index (χ1v) is 7.87. The molecule has 0 amide bonds. The molecule has 0 radical (unpaired) electrons. The van der Waals surface area contributed by atoms with Gasteiger partial charge in [-0.2, -0.15) is 0 Å². The zero-order valence-corrected chi connectivity index (χ0v) is 12.8. The molecule has 112 valence electrons. The summed E-state index contributed by atoms with van der Waals surface area (Å²) in [7, 11) is 0. The molecular weight excluding hydrogens is 280 g/mol. The number of aromatic amines is 1. The van der Waals surface area contributed by atoms with Crippen molar-refractivity contribution < 1.29 is 0 Å². The maximum Gasteiger partial charge on any atom is 0.0876 e. The molecule has 0 saturated carbocycles. The molecule has 1 aliphatic heterocycles. The van der Waals surface area contributed by atoms with Gasteiger partial charge in [0.2, 0.25) is 0 Å². The van der Waals surface area contributed by atoms with Gasteiger partial charge in [-0.05, 0) is 29.3 Å². The molecule has 0 fully saturated rings. The lowest BCUT2D eigenvalue weighted by atomic mass is 9.67. The van der Waals surface area contributed by atoms with Crippen molar-refractivity contribution in [3.05, 3.63) is 108 Å². The van der Waals surface area contributed by atoms with Gasteiger partial charge in [0.05, 0.1) is 11.5 Å². The van der Waals surface area contributed by atoms with Crippen molar-refractivity contribution >= 4 is 6.21 Å². The first-order chi connectivity index (χ1) is 11.4. The van der Waals surface area contributed by atoms with E-state index >= 15 is 0 Å². The van der Waals surface area contributed by atoms with Crippen LogP contribution in [0.1, 0.15) is 16.8 Å². The maximum atomic E-state index is 4.76. The topological polar surface area (TPSA) is 28.1 Å². The number of aromatic nitrogens is 1. The number of hydrogen-bond acceptors (Lipinski definition) is 1. The van der Waals surface area contributed by atoms with Crippen molar-refractivity contribution in [1.82, 2.24) is 4.98 Å². The Morgan fingerprint density at radius 3 is 1.91 bits per heavy atom. The van der Waals surface area contributed by atoms with E-state index in [4.69, 9.17) is 4.99 Å². The lowest BCUT2D eigenvalue weighted by Gasteiger charge is -2.37. The zero-order valence-electron chi connectivity index (χ0n) is 12.8. The third-order valence-corrected chi connectivity index (χ3v) is 4.55. The lowest BCUT2D eigenvalue weighted by molar-refractivity contribution is 0.539. The molecule has 0 aliphatic carbocycles. The van der Waals surface area contributed by atoms with Crippen LogP contribution in [0.15, 0.2) is 96.1 Å². The summed E-state index contributed by atoms with van der Waals surface area (Å²) < 4.78 is 0. The second-order valence-corrected chi connectivity index (χ2v) is 5.75. The second kappa shape index (κ2) is 5.73. The first kappa shape index (κ1) is 13.8. The fourth-order valence-electron chi connectivity index (χ4n) is 3.56. The standard InChI is InChI=1S/C21H18N2/c1-3-9-17(10-4-1)21(19-13-7-15-22-19,20-14-8-16-23-20)18-11-5-2-6-12-18/h1-16,19,23H. The molecule has 2 heteroatoms. The Bertz CT molecular complexity index is 763. The highest BCUT2D eigenvalue weighted by Crippen LogP contribution is 2.43. The van der Waals surface area contributed by atoms with Crippen molar-refractivity contribution in [1.29, 1.82) is 0 Å². The minimum atomic E-state index is -0.352. The number of allylic oxidation sites excluding steroid dienone is 1. The number of hydrogen-bond donors (Lipinski definition) is 1. The summed E-state index contributed by atoms with van der Waals surface area (Å²) in [6, 6.07) is 25.5. The SMILES string of the molecule is C1=CC(C(c2ccccc2)(c2ccccc2)c2ccc[nH]2)N=C1. The summed E-state index contributed by atoms with van der Waals surface area (Å²) in [5.74, 6) is 0. The summed E-state index contributed by atoms with van der Waals surface area (Å²) in [5, 5.41) is 0. The monoisotopic (exact) mass is 298 g/mol. The van der Waals surface area contributed by atoms with E-state index in [0.717, 1.165) is 5.69 Å². The molecule has 1 aliphatic rings. The van der Waals surface area contributed by atoms with Crippen LogP contribution in [0.4, 0.5) is 0 Å². The molecule has 1 aromatic heterocycles. The van der Waals surface area contributed by atoms with Gasteiger partial charge in [-0.15, -0.1) is 0 Å². The molecule has 2 nitrogen and oxygen atoms in total. The summed E-state index contributed by atoms with van der Waals surface area (Å²) in [6.07, 6.45) is 8.10. The van der Waals surface area contributed by atoms with E-state index in [-0.39, 0.29) is 11.5 Å². The van der Waals surface area contributed by atoms with Crippen LogP contribution in [0.2, 0.25) is 0 Å². The van der Waals surface area contributed by atoms with Gasteiger partial charge in [0.25, 0.3) is 0 Å². The fourth-order valence-corrected chi connectivity index (χ4v) is 3.56. The van der Waals surface area contributed by atoms with E-state index in [1.807, 2.05) is 18.5 Å². The average molecular weight is 298 g/mol. The van der Waals surface area contributed by atoms with E-state index in [2.05, 4.69) is 83.9 Å². The fraction of sp³-hybridized carbons (Fsp3) is 0.0952. The number of benzene rings is 2. The number of nitrogens with one attached hydrogen (secondary N) is 1. The van der Waals surface area contributed by atoms with Crippen molar-refractivity contribution in [3.63, 3.8) is 0 Å². The Hall–Kier alpha value is -2.87. The number of rotatable bonds is 4. The minimum Gasteiger partial charge on any atom is -0.364 e. The van der Waals surface area contributed by atoms with E-state index in [0.29, 0.717) is 0 Å². The van der Waals surface area contributed by atoms with Crippen molar-refractivity contribution in [2.75, 3.05) is 0 Å². The lowest BCUT2D eigenvalue weighted by Crippen LogP contribution is -2.39. The normalized spacial score (nSPS) is 16.8. The Morgan fingerprint density at radius 1 is 0.783 bits per heavy atom. The largest absolute Gasteiger partial charge is 0.364 e. The number of nitrogens with zero attached hydrogens (tertiary/aromatic N) is 1. The predicted octanol–water partition coefficient (Wildman–Crippen LogP) is 4.36. The number of H-pyrrole nitrogens is 1. The smallest absolute Gasteiger partial charge is 0.0876 e. The van der Waals surface area contributed by atoms with Crippen LogP contribution < -0.4 is 0 Å². The first-order valence-electron chi connectivity index (χ1n) is 7.87. The summed E-state index contributed by atoms with van der Waals surface area (Å²) in [4.78, 5) is 8.20. The molecule has 1 N–H and O–H groups in total. The van der Waals surface area contributed by atoms with Crippen LogP contribution >= 0.6 is 0 Å². The molecule has 0 spiro atoms. The van der Waals surface area contributed by atoms with Gasteiger partial charge in [-0.3, -0.25) is 4.99 Å². The molecule has 0 saturated heterocycles. The van der Waals surface area contributed by atoms with Gasteiger partial charge < -0.3 is 4.98 Å². The highest BCUT2D eigenvalue weighted by atomic mass is 14.9. The Morgan fingerprint density at radius 2 is 1.43 bits per heavy atom. The molecule has 2 aromatic carbocycles. The maximum absolute atomic E-state index is 4.76. The van der Waals surface area contributed by atoms with Crippen LogP contribution in [0, 0.1) is 0 Å². The van der Waals surface area contributed by atoms with E-state index in [9.17, 15) is 0 Å². The number of aliphatic imine (C=N–C) groups is 1. The Kier molecular flexibility index (Phi) is 3.43. The molecule has 23 heavy (non-hydrogen) atoms. The molecule has 1 unspecified atom stereocenters. The summed E-state index contributed by atoms with van der Waals surface area (Å²) >= 11 is 0. The summed E-state index contributed by atoms with van der Waals surface area (Å²) in [6.45, 7) is 0. The average Bonchev–Trinajstić information content (AvgIpc) is 3.32. The van der Waals surface area contributed by atoms with Gasteiger partial charge in [-0.25, -0.2) is 0 Å². The van der Waals surface area contributed by atoms with Crippen LogP contribution in [-0.4, -0.2) is 17.2 Å². The minimum absolute atomic E-state index is 0.0333. The van der Waals surface area contributed by atoms with Gasteiger partial charge in [-0.1, -0.05) is 66.7 Å². The van der Waals surface area contributed by atoms with Crippen LogP contribution in [0.25, 0.3) is 0 Å². The summed E-state index contributed by atoms with van der Waals surface area (Å²) in [5.41, 5.74) is 3.28. The van der Waals surface area contributed by atoms with E-state index in [1.54, 1.807) is 0 Å². The molecule has 3 aromatic rings.